The standard InChI is InChI=1S/C19H22N6O7/c1-2-31-11-4-3-9(5-10(11)27)6-22-24-19-23-13-16(20-8-21-17(13)30)25(19)18-15(29)14(28)12(7-26)32-18/h3-6,8,12,14-15,18,26-29H,2,7H2,1H3,(H,23,24)(H,20,21,30)/t12-,14+,15+,18-/m1/s1. The number of aromatic amines is 1. The van der Waals surface area contributed by atoms with Gasteiger partial charge in [-0.3, -0.25) is 9.36 Å². The van der Waals surface area contributed by atoms with Crippen molar-refractivity contribution in [3.05, 3.63) is 40.4 Å². The Bertz CT molecular complexity index is 1190. The van der Waals surface area contributed by atoms with E-state index in [-0.39, 0.29) is 22.9 Å². The zero-order chi connectivity index (χ0) is 22.8. The van der Waals surface area contributed by atoms with Gasteiger partial charge in [0.15, 0.2) is 28.9 Å². The molecule has 1 aliphatic rings. The number of nitrogens with one attached hydrogen (secondary N) is 2. The van der Waals surface area contributed by atoms with Gasteiger partial charge in [0.25, 0.3) is 5.56 Å². The van der Waals surface area contributed by atoms with Crippen molar-refractivity contribution in [3.8, 4) is 11.5 Å². The van der Waals surface area contributed by atoms with Crippen molar-refractivity contribution in [2.45, 2.75) is 31.5 Å². The van der Waals surface area contributed by atoms with E-state index in [9.17, 15) is 25.2 Å². The summed E-state index contributed by atoms with van der Waals surface area (Å²) in [7, 11) is 0. The summed E-state index contributed by atoms with van der Waals surface area (Å²) in [6, 6.07) is 4.73. The van der Waals surface area contributed by atoms with Gasteiger partial charge in [-0.2, -0.15) is 5.10 Å². The molecule has 13 heteroatoms. The average Bonchev–Trinajstić information content (AvgIpc) is 3.28. The largest absolute Gasteiger partial charge is 0.504 e. The molecule has 3 aromatic rings. The van der Waals surface area contributed by atoms with E-state index in [1.807, 2.05) is 0 Å². The normalized spacial score (nSPS) is 23.2. The Morgan fingerprint density at radius 1 is 1.38 bits per heavy atom. The van der Waals surface area contributed by atoms with Gasteiger partial charge >= 0.3 is 0 Å². The van der Waals surface area contributed by atoms with Crippen LogP contribution >= 0.6 is 0 Å². The number of aliphatic hydroxyl groups excluding tert-OH is 3. The van der Waals surface area contributed by atoms with Crippen molar-refractivity contribution in [3.63, 3.8) is 0 Å². The van der Waals surface area contributed by atoms with Crippen molar-refractivity contribution in [1.82, 2.24) is 19.5 Å². The van der Waals surface area contributed by atoms with E-state index < -0.39 is 36.7 Å². The van der Waals surface area contributed by atoms with Gasteiger partial charge in [0, 0.05) is 0 Å². The van der Waals surface area contributed by atoms with Gasteiger partial charge in [0.2, 0.25) is 5.95 Å². The summed E-state index contributed by atoms with van der Waals surface area (Å²) in [4.78, 5) is 22.9. The first-order valence-corrected chi connectivity index (χ1v) is 9.77. The Labute approximate surface area is 180 Å². The maximum Gasteiger partial charge on any atom is 0.278 e. The molecule has 3 heterocycles. The first-order chi connectivity index (χ1) is 15.4. The highest BCUT2D eigenvalue weighted by Crippen LogP contribution is 2.33. The number of benzene rings is 1. The number of phenols is 1. The lowest BCUT2D eigenvalue weighted by Crippen LogP contribution is -2.33. The molecule has 0 bridgehead atoms. The maximum atomic E-state index is 12.2. The van der Waals surface area contributed by atoms with Gasteiger partial charge in [-0.15, -0.1) is 0 Å². The van der Waals surface area contributed by atoms with E-state index in [0.29, 0.717) is 17.9 Å². The maximum absolute atomic E-state index is 12.2. The fraction of sp³-hybridized carbons (Fsp3) is 0.368. The van der Waals surface area contributed by atoms with Crippen molar-refractivity contribution in [2.24, 2.45) is 5.10 Å². The predicted octanol–water partition coefficient (Wildman–Crippen LogP) is -0.719. The van der Waals surface area contributed by atoms with Gasteiger partial charge < -0.3 is 34.9 Å². The van der Waals surface area contributed by atoms with E-state index in [1.165, 1.54) is 23.2 Å². The molecular formula is C19H22N6O7. The number of H-pyrrole nitrogens is 1. The molecule has 0 radical (unpaired) electrons. The molecule has 32 heavy (non-hydrogen) atoms. The Morgan fingerprint density at radius 2 is 2.19 bits per heavy atom. The van der Waals surface area contributed by atoms with Gasteiger partial charge in [-0.25, -0.2) is 15.4 Å². The average molecular weight is 446 g/mol. The molecule has 1 aliphatic heterocycles. The fourth-order valence-corrected chi connectivity index (χ4v) is 3.39. The van der Waals surface area contributed by atoms with Crippen LogP contribution in [0.15, 0.2) is 34.4 Å². The number of ether oxygens (including phenoxy) is 2. The number of aromatic nitrogens is 4. The molecule has 0 unspecified atom stereocenters. The number of hydrazone groups is 1. The minimum Gasteiger partial charge on any atom is -0.504 e. The zero-order valence-corrected chi connectivity index (χ0v) is 16.9. The van der Waals surface area contributed by atoms with Crippen molar-refractivity contribution in [2.75, 3.05) is 18.6 Å². The van der Waals surface area contributed by atoms with E-state index in [4.69, 9.17) is 9.47 Å². The number of hydrogen-bond acceptors (Lipinski definition) is 11. The summed E-state index contributed by atoms with van der Waals surface area (Å²) >= 11 is 0. The van der Waals surface area contributed by atoms with E-state index in [0.717, 1.165) is 0 Å². The van der Waals surface area contributed by atoms with Crippen LogP contribution in [0.3, 0.4) is 0 Å². The molecule has 0 amide bonds. The third kappa shape index (κ3) is 3.89. The minimum absolute atomic E-state index is 0.00504. The highest BCUT2D eigenvalue weighted by Gasteiger charge is 2.45. The summed E-state index contributed by atoms with van der Waals surface area (Å²) in [6.45, 7) is 1.70. The van der Waals surface area contributed by atoms with E-state index in [1.54, 1.807) is 19.1 Å². The van der Waals surface area contributed by atoms with Crippen LogP contribution in [0.4, 0.5) is 5.95 Å². The molecule has 0 aliphatic carbocycles. The Balaban J connectivity index is 1.66. The molecule has 1 fully saturated rings. The quantitative estimate of drug-likeness (QED) is 0.200. The lowest BCUT2D eigenvalue weighted by molar-refractivity contribution is -0.0501. The molecule has 1 aromatic carbocycles. The number of fused-ring (bicyclic) bond motifs is 1. The third-order valence-corrected chi connectivity index (χ3v) is 4.92. The van der Waals surface area contributed by atoms with E-state index in [2.05, 4.69) is 25.5 Å². The molecule has 1 saturated heterocycles. The molecule has 6 N–H and O–H groups in total. The third-order valence-electron chi connectivity index (χ3n) is 4.92. The van der Waals surface area contributed by atoms with Gasteiger partial charge in [0.05, 0.1) is 25.8 Å². The number of rotatable bonds is 7. The number of imidazole rings is 1. The molecule has 170 valence electrons. The Morgan fingerprint density at radius 3 is 2.88 bits per heavy atom. The number of anilines is 1. The zero-order valence-electron chi connectivity index (χ0n) is 16.9. The summed E-state index contributed by atoms with van der Waals surface area (Å²) in [6.07, 6.45) is -2.43. The van der Waals surface area contributed by atoms with Crippen LogP contribution in [0, 0.1) is 0 Å². The number of hydrogen-bond donors (Lipinski definition) is 6. The van der Waals surface area contributed by atoms with Crippen LogP contribution in [0.1, 0.15) is 18.7 Å². The van der Waals surface area contributed by atoms with Gasteiger partial charge in [-0.05, 0) is 30.7 Å². The molecule has 0 spiro atoms. The number of phenolic OH excluding ortho intramolecular Hbond substituents is 1. The highest BCUT2D eigenvalue weighted by molar-refractivity contribution is 5.81. The Hall–Kier alpha value is -3.52. The molecule has 2 aromatic heterocycles. The second kappa shape index (κ2) is 8.92. The van der Waals surface area contributed by atoms with Crippen molar-refractivity contribution >= 4 is 23.3 Å². The highest BCUT2D eigenvalue weighted by atomic mass is 16.6. The van der Waals surface area contributed by atoms with Gasteiger partial charge in [0.1, 0.15) is 18.3 Å². The van der Waals surface area contributed by atoms with E-state index >= 15 is 0 Å². The molecule has 4 rings (SSSR count). The van der Waals surface area contributed by atoms with Crippen LogP contribution in [0.25, 0.3) is 11.2 Å². The van der Waals surface area contributed by atoms with Gasteiger partial charge in [-0.1, -0.05) is 0 Å². The first-order valence-electron chi connectivity index (χ1n) is 9.77. The first kappa shape index (κ1) is 21.7. The minimum atomic E-state index is -1.42. The number of aromatic hydroxyl groups is 1. The molecule has 13 nitrogen and oxygen atoms in total. The lowest BCUT2D eigenvalue weighted by atomic mass is 10.1. The summed E-state index contributed by atoms with van der Waals surface area (Å²) in [5.74, 6) is 0.296. The van der Waals surface area contributed by atoms with Crippen LogP contribution in [0.5, 0.6) is 11.5 Å². The van der Waals surface area contributed by atoms with Crippen LogP contribution in [0.2, 0.25) is 0 Å². The topological polar surface area (TPSA) is 187 Å². The number of aliphatic hydroxyl groups is 3. The monoisotopic (exact) mass is 446 g/mol. The van der Waals surface area contributed by atoms with Crippen molar-refractivity contribution in [1.29, 1.82) is 0 Å². The van der Waals surface area contributed by atoms with Crippen LogP contribution < -0.4 is 15.7 Å². The SMILES string of the molecule is CCOc1ccc(C=NNc2nc3c(=O)[nH]cnc3n2[C@@H]2O[C@H](CO)[C@H](O)[C@@H]2O)cc1O. The molecule has 0 saturated carbocycles. The Kier molecular flexibility index (Phi) is 6.05. The number of nitrogens with zero attached hydrogens (tertiary/aromatic N) is 4. The fourth-order valence-electron chi connectivity index (χ4n) is 3.39. The van der Waals surface area contributed by atoms with Crippen molar-refractivity contribution < 1.29 is 29.9 Å². The molecule has 4 atom stereocenters. The second-order valence-electron chi connectivity index (χ2n) is 6.97. The smallest absolute Gasteiger partial charge is 0.278 e. The summed E-state index contributed by atoms with van der Waals surface area (Å²) < 4.78 is 12.1. The summed E-state index contributed by atoms with van der Waals surface area (Å²) in [5.41, 5.74) is 2.73. The molecular weight excluding hydrogens is 424 g/mol. The predicted molar refractivity (Wildman–Crippen MR) is 112 cm³/mol. The second-order valence-corrected chi connectivity index (χ2v) is 6.97. The van der Waals surface area contributed by atoms with Crippen LogP contribution in [-0.4, -0.2) is 77.7 Å². The van der Waals surface area contributed by atoms with Crippen LogP contribution in [-0.2, 0) is 4.74 Å². The summed E-state index contributed by atoms with van der Waals surface area (Å²) in [5, 5.41) is 44.0. The lowest BCUT2D eigenvalue weighted by Gasteiger charge is -2.18.